The lowest BCUT2D eigenvalue weighted by molar-refractivity contribution is 0.0589. The zero-order valence-corrected chi connectivity index (χ0v) is 7.42. The maximum atomic E-state index is 10.8. The molecule has 60 valence electrons. The van der Waals surface area contributed by atoms with Crippen molar-refractivity contribution in [2.24, 2.45) is 0 Å². The van der Waals surface area contributed by atoms with E-state index < -0.39 is 5.97 Å². The first kappa shape index (κ1) is 8.26. The van der Waals surface area contributed by atoms with Gasteiger partial charge in [0.15, 0.2) is 5.69 Å². The minimum atomic E-state index is -0.485. The molecule has 0 fully saturated rings. The standard InChI is InChI=1S/C6H6BrNO3/c1-10-6(9)5-2-4(3-7)11-8-5/h2H,3H2,1H3. The predicted octanol–water partition coefficient (Wildman–Crippen LogP) is 1.36. The lowest BCUT2D eigenvalue weighted by Gasteiger charge is -1.88. The van der Waals surface area contributed by atoms with E-state index in [1.807, 2.05) is 0 Å². The third-order valence-electron chi connectivity index (χ3n) is 1.09. The molecular formula is C6H6BrNO3. The second-order valence-corrected chi connectivity index (χ2v) is 2.36. The lowest BCUT2D eigenvalue weighted by Crippen LogP contribution is -2.00. The summed E-state index contributed by atoms with van der Waals surface area (Å²) in [7, 11) is 1.30. The minimum Gasteiger partial charge on any atom is -0.464 e. The first-order valence-corrected chi connectivity index (χ1v) is 4.00. The monoisotopic (exact) mass is 219 g/mol. The Hall–Kier alpha value is -0.840. The fourth-order valence-electron chi connectivity index (χ4n) is 0.577. The Bertz CT molecular complexity index is 258. The van der Waals surface area contributed by atoms with E-state index in [1.165, 1.54) is 13.2 Å². The molecule has 0 spiro atoms. The maximum Gasteiger partial charge on any atom is 0.360 e. The number of ether oxygens (including phenoxy) is 1. The molecule has 0 aromatic carbocycles. The Morgan fingerprint density at radius 2 is 2.64 bits per heavy atom. The fourth-order valence-corrected chi connectivity index (χ4v) is 0.841. The molecule has 1 aromatic heterocycles. The molecule has 5 heteroatoms. The molecule has 0 saturated carbocycles. The molecule has 0 atom stereocenters. The van der Waals surface area contributed by atoms with Crippen LogP contribution in [0, 0.1) is 0 Å². The molecule has 0 aliphatic carbocycles. The second-order valence-electron chi connectivity index (χ2n) is 1.80. The second kappa shape index (κ2) is 3.52. The molecule has 0 unspecified atom stereocenters. The van der Waals surface area contributed by atoms with Crippen LogP contribution in [-0.2, 0) is 10.1 Å². The lowest BCUT2D eigenvalue weighted by atomic mass is 10.4. The quantitative estimate of drug-likeness (QED) is 0.557. The third kappa shape index (κ3) is 1.80. The number of carbonyl (C=O) groups is 1. The Balaban J connectivity index is 2.80. The summed E-state index contributed by atoms with van der Waals surface area (Å²) in [5, 5.41) is 4.02. The van der Waals surface area contributed by atoms with Gasteiger partial charge in [-0.2, -0.15) is 0 Å². The molecule has 1 rings (SSSR count). The van der Waals surface area contributed by atoms with Crippen LogP contribution in [0.25, 0.3) is 0 Å². The van der Waals surface area contributed by atoms with Crippen LogP contribution in [0.4, 0.5) is 0 Å². The van der Waals surface area contributed by atoms with Gasteiger partial charge in [0, 0.05) is 6.07 Å². The summed E-state index contributed by atoms with van der Waals surface area (Å²) >= 11 is 3.16. The average molecular weight is 220 g/mol. The van der Waals surface area contributed by atoms with E-state index in [2.05, 4.69) is 25.8 Å². The number of halogens is 1. The minimum absolute atomic E-state index is 0.196. The van der Waals surface area contributed by atoms with E-state index in [1.54, 1.807) is 0 Å². The van der Waals surface area contributed by atoms with Crippen molar-refractivity contribution in [3.05, 3.63) is 17.5 Å². The van der Waals surface area contributed by atoms with Crippen molar-refractivity contribution in [3.63, 3.8) is 0 Å². The van der Waals surface area contributed by atoms with Crippen molar-refractivity contribution >= 4 is 21.9 Å². The molecule has 0 amide bonds. The first-order chi connectivity index (χ1) is 5.27. The van der Waals surface area contributed by atoms with E-state index >= 15 is 0 Å². The zero-order chi connectivity index (χ0) is 8.27. The highest BCUT2D eigenvalue weighted by molar-refractivity contribution is 9.08. The van der Waals surface area contributed by atoms with E-state index in [9.17, 15) is 4.79 Å². The van der Waals surface area contributed by atoms with Gasteiger partial charge >= 0.3 is 5.97 Å². The molecule has 4 nitrogen and oxygen atoms in total. The Kier molecular flexibility index (Phi) is 2.64. The summed E-state index contributed by atoms with van der Waals surface area (Å²) in [6.45, 7) is 0. The summed E-state index contributed by atoms with van der Waals surface area (Å²) < 4.78 is 9.16. The SMILES string of the molecule is COC(=O)c1cc(CBr)on1. The number of esters is 1. The molecule has 11 heavy (non-hydrogen) atoms. The number of methoxy groups -OCH3 is 1. The zero-order valence-electron chi connectivity index (χ0n) is 5.83. The summed E-state index contributed by atoms with van der Waals surface area (Å²) in [4.78, 5) is 10.8. The van der Waals surface area contributed by atoms with Gasteiger partial charge in [0.2, 0.25) is 0 Å². The van der Waals surface area contributed by atoms with E-state index in [0.29, 0.717) is 11.1 Å². The number of nitrogens with zero attached hydrogens (tertiary/aromatic N) is 1. The van der Waals surface area contributed by atoms with E-state index in [0.717, 1.165) is 0 Å². The molecule has 1 heterocycles. The maximum absolute atomic E-state index is 10.8. The Morgan fingerprint density at radius 1 is 1.91 bits per heavy atom. The van der Waals surface area contributed by atoms with Crippen LogP contribution in [0.15, 0.2) is 10.6 Å². The normalized spacial score (nSPS) is 9.64. The Morgan fingerprint density at radius 3 is 3.09 bits per heavy atom. The van der Waals surface area contributed by atoms with Gasteiger partial charge in [-0.1, -0.05) is 21.1 Å². The highest BCUT2D eigenvalue weighted by atomic mass is 79.9. The molecule has 0 bridgehead atoms. The molecule has 0 radical (unpaired) electrons. The smallest absolute Gasteiger partial charge is 0.360 e. The predicted molar refractivity (Wildman–Crippen MR) is 40.5 cm³/mol. The summed E-state index contributed by atoms with van der Waals surface area (Å²) in [6, 6.07) is 1.53. The van der Waals surface area contributed by atoms with E-state index in [-0.39, 0.29) is 5.69 Å². The van der Waals surface area contributed by atoms with Crippen LogP contribution >= 0.6 is 15.9 Å². The van der Waals surface area contributed by atoms with Gasteiger partial charge in [-0.05, 0) is 0 Å². The van der Waals surface area contributed by atoms with Gasteiger partial charge in [-0.15, -0.1) is 0 Å². The van der Waals surface area contributed by atoms with Crippen molar-refractivity contribution in [3.8, 4) is 0 Å². The highest BCUT2D eigenvalue weighted by Crippen LogP contribution is 2.07. The number of hydrogen-bond donors (Lipinski definition) is 0. The van der Waals surface area contributed by atoms with Crippen molar-refractivity contribution < 1.29 is 14.1 Å². The topological polar surface area (TPSA) is 52.3 Å². The highest BCUT2D eigenvalue weighted by Gasteiger charge is 2.10. The third-order valence-corrected chi connectivity index (χ3v) is 1.64. The summed E-state index contributed by atoms with van der Waals surface area (Å²) in [6.07, 6.45) is 0. The van der Waals surface area contributed by atoms with Crippen LogP contribution in [-0.4, -0.2) is 18.2 Å². The number of aromatic nitrogens is 1. The molecular weight excluding hydrogens is 214 g/mol. The van der Waals surface area contributed by atoms with Gasteiger partial charge in [0.05, 0.1) is 12.4 Å². The van der Waals surface area contributed by atoms with Crippen molar-refractivity contribution in [2.45, 2.75) is 5.33 Å². The van der Waals surface area contributed by atoms with Crippen LogP contribution in [0.5, 0.6) is 0 Å². The molecule has 0 aliphatic rings. The fraction of sp³-hybridized carbons (Fsp3) is 0.333. The largest absolute Gasteiger partial charge is 0.464 e. The first-order valence-electron chi connectivity index (χ1n) is 2.87. The van der Waals surface area contributed by atoms with Gasteiger partial charge in [-0.3, -0.25) is 0 Å². The van der Waals surface area contributed by atoms with Gasteiger partial charge < -0.3 is 9.26 Å². The van der Waals surface area contributed by atoms with Crippen LogP contribution in [0.2, 0.25) is 0 Å². The Labute approximate surface area is 71.6 Å². The number of carbonyl (C=O) groups excluding carboxylic acids is 1. The van der Waals surface area contributed by atoms with Gasteiger partial charge in [-0.25, -0.2) is 4.79 Å². The number of hydrogen-bond acceptors (Lipinski definition) is 4. The summed E-state index contributed by atoms with van der Waals surface area (Å²) in [5.41, 5.74) is 0.196. The van der Waals surface area contributed by atoms with Crippen LogP contribution < -0.4 is 0 Å². The van der Waals surface area contributed by atoms with E-state index in [4.69, 9.17) is 4.52 Å². The molecule has 0 N–H and O–H groups in total. The number of rotatable bonds is 2. The van der Waals surface area contributed by atoms with Crippen molar-refractivity contribution in [1.82, 2.24) is 5.16 Å². The molecule has 0 saturated heterocycles. The number of alkyl halides is 1. The molecule has 1 aromatic rings. The summed E-state index contributed by atoms with van der Waals surface area (Å²) in [5.74, 6) is 0.117. The van der Waals surface area contributed by atoms with Gasteiger partial charge in [0.25, 0.3) is 0 Å². The van der Waals surface area contributed by atoms with Crippen molar-refractivity contribution in [2.75, 3.05) is 7.11 Å². The van der Waals surface area contributed by atoms with Crippen LogP contribution in [0.3, 0.4) is 0 Å². The van der Waals surface area contributed by atoms with Gasteiger partial charge in [0.1, 0.15) is 5.76 Å². The van der Waals surface area contributed by atoms with Crippen molar-refractivity contribution in [1.29, 1.82) is 0 Å². The van der Waals surface area contributed by atoms with Crippen LogP contribution in [0.1, 0.15) is 16.2 Å². The average Bonchev–Trinajstić information content (AvgIpc) is 2.50. The molecule has 0 aliphatic heterocycles.